The Bertz CT molecular complexity index is 529. The lowest BCUT2D eigenvalue weighted by Gasteiger charge is -2.35. The molecule has 0 N–H and O–H groups in total. The highest BCUT2D eigenvalue weighted by atomic mass is 35.5. The van der Waals surface area contributed by atoms with Gasteiger partial charge in [0, 0.05) is 0 Å². The van der Waals surface area contributed by atoms with E-state index >= 15 is 0 Å². The molecule has 2 aliphatic rings. The Labute approximate surface area is 129 Å². The number of carbonyl (C=O) groups excluding carboxylic acids is 1. The smallest absolute Gasteiger partial charge is 0.309 e. The van der Waals surface area contributed by atoms with E-state index in [9.17, 15) is 4.79 Å². The van der Waals surface area contributed by atoms with Crippen LogP contribution in [-0.4, -0.2) is 13.1 Å². The maximum absolute atomic E-state index is 12.2. The van der Waals surface area contributed by atoms with Crippen molar-refractivity contribution in [3.8, 4) is 0 Å². The van der Waals surface area contributed by atoms with Crippen molar-refractivity contribution in [2.24, 2.45) is 17.8 Å². The maximum atomic E-state index is 12.2. The Balaban J connectivity index is 1.96. The van der Waals surface area contributed by atoms with Gasteiger partial charge in [-0.15, -0.1) is 0 Å². The summed E-state index contributed by atoms with van der Waals surface area (Å²) in [5, 5.41) is 1.12. The third-order valence-corrected chi connectivity index (χ3v) is 5.69. The zero-order chi connectivity index (χ0) is 14.3. The van der Waals surface area contributed by atoms with E-state index in [0.29, 0.717) is 16.0 Å². The Morgan fingerprint density at radius 1 is 1.20 bits per heavy atom. The summed E-state index contributed by atoms with van der Waals surface area (Å²) in [6.07, 6.45) is 4.59. The number of ether oxygens (including phenoxy) is 1. The second-order valence-electron chi connectivity index (χ2n) is 6.00. The number of halogens is 2. The van der Waals surface area contributed by atoms with Crippen molar-refractivity contribution in [1.29, 1.82) is 0 Å². The van der Waals surface area contributed by atoms with Crippen LogP contribution in [0.25, 0.3) is 0 Å². The van der Waals surface area contributed by atoms with Gasteiger partial charge >= 0.3 is 5.97 Å². The molecule has 20 heavy (non-hydrogen) atoms. The van der Waals surface area contributed by atoms with Crippen LogP contribution in [0.4, 0.5) is 0 Å². The highest BCUT2D eigenvalue weighted by molar-refractivity contribution is 6.42. The molecule has 4 atom stereocenters. The third kappa shape index (κ3) is 2.44. The van der Waals surface area contributed by atoms with Crippen LogP contribution in [0.2, 0.25) is 10.0 Å². The fourth-order valence-electron chi connectivity index (χ4n) is 4.07. The molecule has 2 bridgehead atoms. The topological polar surface area (TPSA) is 26.3 Å². The van der Waals surface area contributed by atoms with Crippen molar-refractivity contribution in [1.82, 2.24) is 0 Å². The summed E-state index contributed by atoms with van der Waals surface area (Å²) in [5.74, 6) is 1.30. The standard InChI is InChI=1S/C16H18Cl2O2/c1-20-16(19)15-11-3-2-9(6-11)7-12(15)10-4-5-13(17)14(18)8-10/h4-5,8-9,11-12,15H,2-3,6-7H2,1H3/t9-,11+,12+,15+/m1/s1. The molecule has 3 rings (SSSR count). The van der Waals surface area contributed by atoms with E-state index in [-0.39, 0.29) is 17.8 Å². The summed E-state index contributed by atoms with van der Waals surface area (Å²) in [7, 11) is 1.48. The first-order valence-corrected chi connectivity index (χ1v) is 7.88. The minimum absolute atomic E-state index is 0.0315. The Kier molecular flexibility index (Phi) is 3.96. The number of hydrogen-bond donors (Lipinski definition) is 0. The predicted octanol–water partition coefficient (Wildman–Crippen LogP) is 4.69. The minimum atomic E-state index is -0.0774. The predicted molar refractivity (Wildman–Crippen MR) is 80.2 cm³/mol. The van der Waals surface area contributed by atoms with E-state index in [1.165, 1.54) is 13.5 Å². The molecular formula is C16H18Cl2O2. The van der Waals surface area contributed by atoms with Gasteiger partial charge in [0.05, 0.1) is 23.1 Å². The lowest BCUT2D eigenvalue weighted by atomic mass is 9.69. The van der Waals surface area contributed by atoms with Gasteiger partial charge in [-0.1, -0.05) is 35.7 Å². The van der Waals surface area contributed by atoms with Gasteiger partial charge < -0.3 is 4.74 Å². The Morgan fingerprint density at radius 2 is 2.00 bits per heavy atom. The van der Waals surface area contributed by atoms with Crippen LogP contribution in [0.1, 0.15) is 37.2 Å². The van der Waals surface area contributed by atoms with Crippen molar-refractivity contribution >= 4 is 29.2 Å². The van der Waals surface area contributed by atoms with E-state index < -0.39 is 0 Å². The second-order valence-corrected chi connectivity index (χ2v) is 6.82. The van der Waals surface area contributed by atoms with Crippen LogP contribution in [0.5, 0.6) is 0 Å². The van der Waals surface area contributed by atoms with Gasteiger partial charge in [0.25, 0.3) is 0 Å². The molecular weight excluding hydrogens is 295 g/mol. The first-order chi connectivity index (χ1) is 9.60. The number of methoxy groups -OCH3 is 1. The molecule has 0 heterocycles. The number of hydrogen-bond acceptors (Lipinski definition) is 2. The zero-order valence-electron chi connectivity index (χ0n) is 11.4. The largest absolute Gasteiger partial charge is 0.469 e. The normalized spacial score (nSPS) is 32.1. The average Bonchev–Trinajstić information content (AvgIpc) is 2.82. The van der Waals surface area contributed by atoms with Crippen LogP contribution in [-0.2, 0) is 9.53 Å². The van der Waals surface area contributed by atoms with Gasteiger partial charge in [-0.3, -0.25) is 4.79 Å². The highest BCUT2D eigenvalue weighted by Gasteiger charge is 2.46. The SMILES string of the molecule is COC(=O)[C@H]1[C@H]2CC[C@H](C2)C[C@H]1c1ccc(Cl)c(Cl)c1. The van der Waals surface area contributed by atoms with Crippen molar-refractivity contribution in [3.05, 3.63) is 33.8 Å². The van der Waals surface area contributed by atoms with Crippen molar-refractivity contribution in [3.63, 3.8) is 0 Å². The first kappa shape index (κ1) is 14.2. The molecule has 108 valence electrons. The quantitative estimate of drug-likeness (QED) is 0.741. The number of benzene rings is 1. The lowest BCUT2D eigenvalue weighted by Crippen LogP contribution is -2.33. The zero-order valence-corrected chi connectivity index (χ0v) is 13.0. The van der Waals surface area contributed by atoms with Crippen LogP contribution in [0, 0.1) is 17.8 Å². The molecule has 0 radical (unpaired) electrons. The molecule has 0 unspecified atom stereocenters. The Hall–Kier alpha value is -0.730. The van der Waals surface area contributed by atoms with Gasteiger partial charge in [0.15, 0.2) is 0 Å². The van der Waals surface area contributed by atoms with Crippen molar-refractivity contribution in [2.75, 3.05) is 7.11 Å². The fraction of sp³-hybridized carbons (Fsp3) is 0.562. The molecule has 2 saturated carbocycles. The van der Waals surface area contributed by atoms with Crippen LogP contribution in [0.15, 0.2) is 18.2 Å². The number of fused-ring (bicyclic) bond motifs is 2. The van der Waals surface area contributed by atoms with E-state index in [1.807, 2.05) is 18.2 Å². The van der Waals surface area contributed by atoms with Crippen molar-refractivity contribution < 1.29 is 9.53 Å². The molecule has 0 aliphatic heterocycles. The average molecular weight is 313 g/mol. The second kappa shape index (κ2) is 5.57. The van der Waals surface area contributed by atoms with Crippen LogP contribution >= 0.6 is 23.2 Å². The van der Waals surface area contributed by atoms with Crippen molar-refractivity contribution in [2.45, 2.75) is 31.6 Å². The molecule has 1 aromatic carbocycles. The number of esters is 1. The molecule has 0 aromatic heterocycles. The summed E-state index contributed by atoms with van der Waals surface area (Å²) < 4.78 is 5.05. The molecule has 0 saturated heterocycles. The summed E-state index contributed by atoms with van der Waals surface area (Å²) >= 11 is 12.1. The van der Waals surface area contributed by atoms with Gasteiger partial charge in [0.2, 0.25) is 0 Å². The Morgan fingerprint density at radius 3 is 2.70 bits per heavy atom. The summed E-state index contributed by atoms with van der Waals surface area (Å²) in [5.41, 5.74) is 1.12. The molecule has 2 fully saturated rings. The fourth-order valence-corrected chi connectivity index (χ4v) is 4.37. The van der Waals surface area contributed by atoms with E-state index in [1.54, 1.807) is 0 Å². The monoisotopic (exact) mass is 312 g/mol. The summed E-state index contributed by atoms with van der Waals surface area (Å²) in [6.45, 7) is 0. The van der Waals surface area contributed by atoms with Gasteiger partial charge in [0.1, 0.15) is 0 Å². The number of rotatable bonds is 2. The lowest BCUT2D eigenvalue weighted by molar-refractivity contribution is -0.149. The highest BCUT2D eigenvalue weighted by Crippen LogP contribution is 2.52. The van der Waals surface area contributed by atoms with Gasteiger partial charge in [-0.05, 0) is 54.7 Å². The van der Waals surface area contributed by atoms with Crippen LogP contribution in [0.3, 0.4) is 0 Å². The van der Waals surface area contributed by atoms with E-state index in [4.69, 9.17) is 27.9 Å². The molecule has 2 aliphatic carbocycles. The van der Waals surface area contributed by atoms with E-state index in [2.05, 4.69) is 0 Å². The molecule has 2 nitrogen and oxygen atoms in total. The van der Waals surface area contributed by atoms with Gasteiger partial charge in [-0.2, -0.15) is 0 Å². The molecule has 0 spiro atoms. The minimum Gasteiger partial charge on any atom is -0.469 e. The first-order valence-electron chi connectivity index (χ1n) is 7.13. The molecule has 4 heteroatoms. The van der Waals surface area contributed by atoms with Gasteiger partial charge in [-0.25, -0.2) is 0 Å². The van der Waals surface area contributed by atoms with E-state index in [0.717, 1.165) is 30.7 Å². The summed E-state index contributed by atoms with van der Waals surface area (Å²) in [4.78, 5) is 12.2. The van der Waals surface area contributed by atoms with Crippen LogP contribution < -0.4 is 0 Å². The summed E-state index contributed by atoms with van der Waals surface area (Å²) in [6, 6.07) is 5.74. The third-order valence-electron chi connectivity index (χ3n) is 4.96. The molecule has 0 amide bonds. The molecule has 1 aromatic rings. The number of carbonyl (C=O) groups is 1. The maximum Gasteiger partial charge on any atom is 0.309 e.